The van der Waals surface area contributed by atoms with Gasteiger partial charge in [0.1, 0.15) is 5.17 Å². The van der Waals surface area contributed by atoms with E-state index in [0.717, 1.165) is 0 Å². The van der Waals surface area contributed by atoms with E-state index in [1.54, 1.807) is 0 Å². The molecule has 2 bridgehead atoms. The van der Waals surface area contributed by atoms with Crippen LogP contribution in [0.5, 0.6) is 0 Å². The highest BCUT2D eigenvalue weighted by Gasteiger charge is 2.46. The van der Waals surface area contributed by atoms with Crippen molar-refractivity contribution in [2.24, 2.45) is 22.7 Å². The number of rotatable bonds is 1. The number of fused-ring (bicyclic) bond motifs is 1. The molecule has 1 saturated carbocycles. The summed E-state index contributed by atoms with van der Waals surface area (Å²) in [5.74, 6) is 2.40. The quantitative estimate of drug-likeness (QED) is 0.582. The molecule has 4 atom stereocenters. The zero-order valence-electron chi connectivity index (χ0n) is 6.87. The molecule has 66 valence electrons. The zero-order chi connectivity index (χ0) is 8.72. The molecule has 2 heterocycles. The zero-order valence-corrected chi connectivity index (χ0v) is 8.39. The van der Waals surface area contributed by atoms with Crippen molar-refractivity contribution in [3.63, 3.8) is 0 Å². The van der Waals surface area contributed by atoms with Crippen LogP contribution in [0.15, 0.2) is 17.1 Å². The Morgan fingerprint density at radius 3 is 3.00 bits per heavy atom. The van der Waals surface area contributed by atoms with Gasteiger partial charge in [-0.15, -0.1) is 11.6 Å². The van der Waals surface area contributed by atoms with Gasteiger partial charge in [-0.3, -0.25) is 4.99 Å². The van der Waals surface area contributed by atoms with E-state index in [9.17, 15) is 0 Å². The molecule has 1 aliphatic carbocycles. The molecule has 1 nitrogen and oxygen atoms in total. The second-order valence-corrected chi connectivity index (χ2v) is 4.25. The lowest BCUT2D eigenvalue weighted by molar-refractivity contribution is 0.112. The molecule has 3 rings (SSSR count). The average Bonchev–Trinajstić information content (AvgIpc) is 2.31. The van der Waals surface area contributed by atoms with E-state index in [0.29, 0.717) is 34.8 Å². The predicted molar refractivity (Wildman–Crippen MR) is 53.1 cm³/mol. The first-order chi connectivity index (χ1) is 5.74. The minimum atomic E-state index is 0.356. The molecular formula is C9H11Cl2N. The molecule has 3 heteroatoms. The fourth-order valence-corrected chi connectivity index (χ4v) is 2.76. The SMILES string of the molecule is CC1C2C=CC(Cl)=NC1C2CCl. The van der Waals surface area contributed by atoms with Crippen molar-refractivity contribution in [2.75, 3.05) is 5.88 Å². The van der Waals surface area contributed by atoms with Gasteiger partial charge in [0.2, 0.25) is 0 Å². The number of hydrogen-bond donors (Lipinski definition) is 0. The first-order valence-electron chi connectivity index (χ1n) is 4.21. The van der Waals surface area contributed by atoms with Crippen LogP contribution < -0.4 is 0 Å². The molecule has 4 unspecified atom stereocenters. The van der Waals surface area contributed by atoms with Crippen LogP contribution in [0.3, 0.4) is 0 Å². The normalized spacial score (nSPS) is 44.8. The van der Waals surface area contributed by atoms with Crippen molar-refractivity contribution in [1.82, 2.24) is 0 Å². The number of aliphatic imine (C=N–C) groups is 1. The van der Waals surface area contributed by atoms with Gasteiger partial charge in [-0.1, -0.05) is 24.6 Å². The van der Waals surface area contributed by atoms with E-state index in [-0.39, 0.29) is 0 Å². The third-order valence-corrected chi connectivity index (χ3v) is 3.57. The summed E-state index contributed by atoms with van der Waals surface area (Å²) in [5, 5.41) is 0.627. The third kappa shape index (κ3) is 1.11. The van der Waals surface area contributed by atoms with Crippen LogP contribution in [0.4, 0.5) is 0 Å². The predicted octanol–water partition coefficient (Wildman–Crippen LogP) is 2.68. The number of allylic oxidation sites excluding steroid dienone is 2. The minimum Gasteiger partial charge on any atom is -0.269 e. The molecule has 2 aliphatic heterocycles. The number of halogens is 2. The van der Waals surface area contributed by atoms with Crippen molar-refractivity contribution >= 4 is 28.4 Å². The summed E-state index contributed by atoms with van der Waals surface area (Å²) >= 11 is 11.7. The summed E-state index contributed by atoms with van der Waals surface area (Å²) in [7, 11) is 0. The van der Waals surface area contributed by atoms with Crippen LogP contribution in [-0.2, 0) is 0 Å². The molecule has 0 saturated heterocycles. The largest absolute Gasteiger partial charge is 0.269 e. The van der Waals surface area contributed by atoms with E-state index in [1.807, 2.05) is 6.08 Å². The highest BCUT2D eigenvalue weighted by molar-refractivity contribution is 6.68. The molecule has 12 heavy (non-hydrogen) atoms. The van der Waals surface area contributed by atoms with Crippen molar-refractivity contribution in [3.8, 4) is 0 Å². The van der Waals surface area contributed by atoms with Gasteiger partial charge in [0.25, 0.3) is 0 Å². The van der Waals surface area contributed by atoms with Crippen LogP contribution in [0, 0.1) is 17.8 Å². The van der Waals surface area contributed by atoms with Gasteiger partial charge >= 0.3 is 0 Å². The summed E-state index contributed by atoms with van der Waals surface area (Å²) in [6.45, 7) is 2.21. The van der Waals surface area contributed by atoms with Crippen molar-refractivity contribution in [3.05, 3.63) is 12.2 Å². The number of alkyl halides is 1. The molecule has 0 spiro atoms. The maximum Gasteiger partial charge on any atom is 0.123 e. The molecule has 0 aromatic rings. The lowest BCUT2D eigenvalue weighted by Gasteiger charge is -2.45. The summed E-state index contributed by atoms with van der Waals surface area (Å²) in [6, 6.07) is 0.356. The maximum absolute atomic E-state index is 5.85. The summed E-state index contributed by atoms with van der Waals surface area (Å²) in [5.41, 5.74) is 0. The van der Waals surface area contributed by atoms with E-state index >= 15 is 0 Å². The molecule has 0 N–H and O–H groups in total. The monoisotopic (exact) mass is 203 g/mol. The van der Waals surface area contributed by atoms with Crippen LogP contribution in [0.2, 0.25) is 0 Å². The van der Waals surface area contributed by atoms with Crippen molar-refractivity contribution in [1.29, 1.82) is 0 Å². The van der Waals surface area contributed by atoms with Gasteiger partial charge in [-0.2, -0.15) is 0 Å². The van der Waals surface area contributed by atoms with Gasteiger partial charge in [-0.25, -0.2) is 0 Å². The molecular weight excluding hydrogens is 193 g/mol. The van der Waals surface area contributed by atoms with Crippen LogP contribution in [0.1, 0.15) is 6.92 Å². The first-order valence-corrected chi connectivity index (χ1v) is 5.12. The Morgan fingerprint density at radius 2 is 2.33 bits per heavy atom. The van der Waals surface area contributed by atoms with Gasteiger partial charge in [0.05, 0.1) is 6.04 Å². The second-order valence-electron chi connectivity index (χ2n) is 3.56. The van der Waals surface area contributed by atoms with E-state index < -0.39 is 0 Å². The summed E-state index contributed by atoms with van der Waals surface area (Å²) in [6.07, 6.45) is 4.04. The van der Waals surface area contributed by atoms with Gasteiger partial charge in [0.15, 0.2) is 0 Å². The Balaban J connectivity index is 2.25. The highest BCUT2D eigenvalue weighted by Crippen LogP contribution is 2.45. The molecule has 0 radical (unpaired) electrons. The fraction of sp³-hybridized carbons (Fsp3) is 0.667. The number of hydrogen-bond acceptors (Lipinski definition) is 1. The van der Waals surface area contributed by atoms with Gasteiger partial charge in [-0.05, 0) is 17.9 Å². The first kappa shape index (κ1) is 8.58. The molecule has 1 fully saturated rings. The standard InChI is InChI=1S/C9H11Cl2N/c1-5-6-2-3-8(11)12-9(5)7(6)4-10/h2-3,5-7,9H,4H2,1H3. The molecule has 0 amide bonds. The highest BCUT2D eigenvalue weighted by atomic mass is 35.5. The Kier molecular flexibility index (Phi) is 2.18. The summed E-state index contributed by atoms with van der Waals surface area (Å²) < 4.78 is 0. The Bertz CT molecular complexity index is 247. The van der Waals surface area contributed by atoms with Crippen LogP contribution in [-0.4, -0.2) is 17.1 Å². The lowest BCUT2D eigenvalue weighted by atomic mass is 9.63. The van der Waals surface area contributed by atoms with Crippen LogP contribution in [0.25, 0.3) is 0 Å². The van der Waals surface area contributed by atoms with Crippen molar-refractivity contribution < 1.29 is 0 Å². The van der Waals surface area contributed by atoms with Crippen molar-refractivity contribution in [2.45, 2.75) is 13.0 Å². The third-order valence-electron chi connectivity index (χ3n) is 2.99. The average molecular weight is 204 g/mol. The lowest BCUT2D eigenvalue weighted by Crippen LogP contribution is -2.48. The van der Waals surface area contributed by atoms with E-state index in [2.05, 4.69) is 18.0 Å². The second kappa shape index (κ2) is 3.04. The molecule has 0 aromatic heterocycles. The summed E-state index contributed by atoms with van der Waals surface area (Å²) in [4.78, 5) is 4.39. The smallest absolute Gasteiger partial charge is 0.123 e. The Morgan fingerprint density at radius 1 is 1.58 bits per heavy atom. The van der Waals surface area contributed by atoms with E-state index in [4.69, 9.17) is 23.2 Å². The topological polar surface area (TPSA) is 12.4 Å². The Hall–Kier alpha value is -0.0100. The maximum atomic E-state index is 5.85. The molecule has 0 aromatic carbocycles. The fourth-order valence-electron chi connectivity index (χ4n) is 2.19. The Labute approximate surface area is 82.5 Å². The number of nitrogens with zero attached hydrogens (tertiary/aromatic N) is 1. The molecule has 3 aliphatic rings. The van der Waals surface area contributed by atoms with Gasteiger partial charge in [0, 0.05) is 11.8 Å². The van der Waals surface area contributed by atoms with Crippen LogP contribution >= 0.6 is 23.2 Å². The minimum absolute atomic E-state index is 0.356. The van der Waals surface area contributed by atoms with E-state index in [1.165, 1.54) is 0 Å². The van der Waals surface area contributed by atoms with Gasteiger partial charge < -0.3 is 0 Å².